The monoisotopic (exact) mass is 370 g/mol. The summed E-state index contributed by atoms with van der Waals surface area (Å²) in [4.78, 5) is 19.2. The lowest BCUT2D eigenvalue weighted by Gasteiger charge is -2.38. The van der Waals surface area contributed by atoms with Crippen molar-refractivity contribution >= 4 is 17.7 Å². The van der Waals surface area contributed by atoms with E-state index in [-0.39, 0.29) is 5.91 Å². The number of thioether (sulfide) groups is 1. The fraction of sp³-hybridized carbons (Fsp3) is 0.429. The minimum absolute atomic E-state index is 0.0264. The van der Waals surface area contributed by atoms with Gasteiger partial charge in [-0.25, -0.2) is 4.98 Å². The van der Waals surface area contributed by atoms with Gasteiger partial charge in [-0.3, -0.25) is 4.79 Å². The third-order valence-corrected chi connectivity index (χ3v) is 6.01. The number of amides is 1. The molecule has 5 heteroatoms. The van der Waals surface area contributed by atoms with Gasteiger partial charge in [0.25, 0.3) is 5.91 Å². The van der Waals surface area contributed by atoms with Crippen LogP contribution in [-0.4, -0.2) is 45.3 Å². The van der Waals surface area contributed by atoms with Gasteiger partial charge in [-0.1, -0.05) is 37.3 Å². The molecule has 1 fully saturated rings. The Morgan fingerprint density at radius 1 is 1.19 bits per heavy atom. The number of hydrogen-bond acceptors (Lipinski definition) is 4. The molecule has 4 nitrogen and oxygen atoms in total. The molecule has 1 aromatic heterocycles. The maximum atomic E-state index is 12.9. The molecule has 0 radical (unpaired) electrons. The van der Waals surface area contributed by atoms with Crippen molar-refractivity contribution in [2.75, 3.05) is 18.8 Å². The minimum Gasteiger partial charge on any atom is -0.389 e. The summed E-state index contributed by atoms with van der Waals surface area (Å²) in [7, 11) is 0. The number of aromatic nitrogens is 1. The summed E-state index contributed by atoms with van der Waals surface area (Å²) in [5, 5.41) is 11.7. The third kappa shape index (κ3) is 4.65. The molecule has 1 saturated heterocycles. The number of carbonyl (C=O) groups excluding carboxylic acids is 1. The first-order chi connectivity index (χ1) is 12.6. The lowest BCUT2D eigenvalue weighted by atomic mass is 9.85. The van der Waals surface area contributed by atoms with Gasteiger partial charge in [0.05, 0.1) is 11.2 Å². The zero-order chi connectivity index (χ0) is 18.4. The highest BCUT2D eigenvalue weighted by Gasteiger charge is 2.34. The van der Waals surface area contributed by atoms with Gasteiger partial charge < -0.3 is 10.0 Å². The van der Waals surface area contributed by atoms with Crippen LogP contribution in [0.15, 0.2) is 53.7 Å². The summed E-state index contributed by atoms with van der Waals surface area (Å²) in [6, 6.07) is 13.7. The van der Waals surface area contributed by atoms with E-state index in [0.29, 0.717) is 37.9 Å². The maximum Gasteiger partial charge on any atom is 0.256 e. The number of benzene rings is 1. The highest BCUT2D eigenvalue weighted by Crippen LogP contribution is 2.29. The summed E-state index contributed by atoms with van der Waals surface area (Å²) < 4.78 is 0. The summed E-state index contributed by atoms with van der Waals surface area (Å²) in [6.45, 7) is 3.28. The van der Waals surface area contributed by atoms with Crippen molar-refractivity contribution in [1.82, 2.24) is 9.88 Å². The first-order valence-electron chi connectivity index (χ1n) is 9.25. The fourth-order valence-corrected chi connectivity index (χ4v) is 4.16. The van der Waals surface area contributed by atoms with Crippen LogP contribution in [0.3, 0.4) is 0 Å². The van der Waals surface area contributed by atoms with Gasteiger partial charge in [0, 0.05) is 25.7 Å². The van der Waals surface area contributed by atoms with E-state index >= 15 is 0 Å². The van der Waals surface area contributed by atoms with Crippen molar-refractivity contribution in [3.8, 4) is 0 Å². The van der Waals surface area contributed by atoms with Gasteiger partial charge >= 0.3 is 0 Å². The first kappa shape index (κ1) is 18.9. The maximum absolute atomic E-state index is 12.9. The van der Waals surface area contributed by atoms with E-state index in [1.807, 2.05) is 47.4 Å². The van der Waals surface area contributed by atoms with E-state index in [2.05, 4.69) is 11.9 Å². The van der Waals surface area contributed by atoms with Gasteiger partial charge in [-0.05, 0) is 42.7 Å². The standard InChI is InChI=1S/C21H26N2O2S/c1-2-15-26-19-18(9-6-12-22-19)20(24)23-13-10-21(25,11-14-23)16-17-7-4-3-5-8-17/h3-9,12,25H,2,10-11,13-16H2,1H3. The number of pyridine rings is 1. The Hall–Kier alpha value is -1.85. The van der Waals surface area contributed by atoms with Crippen molar-refractivity contribution in [3.05, 3.63) is 59.8 Å². The molecule has 1 aromatic carbocycles. The predicted molar refractivity (Wildman–Crippen MR) is 105 cm³/mol. The second-order valence-electron chi connectivity index (χ2n) is 6.88. The molecule has 1 aliphatic heterocycles. The Morgan fingerprint density at radius 2 is 1.92 bits per heavy atom. The van der Waals surface area contributed by atoms with Gasteiger partial charge in [0.15, 0.2) is 0 Å². The summed E-state index contributed by atoms with van der Waals surface area (Å²) in [5.74, 6) is 0.979. The van der Waals surface area contributed by atoms with Crippen LogP contribution in [0.5, 0.6) is 0 Å². The highest BCUT2D eigenvalue weighted by atomic mass is 32.2. The van der Waals surface area contributed by atoms with E-state index in [0.717, 1.165) is 22.8 Å². The molecule has 1 amide bonds. The van der Waals surface area contributed by atoms with Crippen molar-refractivity contribution < 1.29 is 9.90 Å². The summed E-state index contributed by atoms with van der Waals surface area (Å²) in [6.07, 6.45) is 4.63. The van der Waals surface area contributed by atoms with E-state index in [1.54, 1.807) is 18.0 Å². The minimum atomic E-state index is -0.729. The Kier molecular flexibility index (Phi) is 6.33. The van der Waals surface area contributed by atoms with Crippen molar-refractivity contribution in [1.29, 1.82) is 0 Å². The van der Waals surface area contributed by atoms with Crippen LogP contribution in [0.4, 0.5) is 0 Å². The molecule has 138 valence electrons. The zero-order valence-corrected chi connectivity index (χ0v) is 16.0. The lowest BCUT2D eigenvalue weighted by Crippen LogP contribution is -2.47. The Balaban J connectivity index is 1.64. The molecule has 0 atom stereocenters. The molecule has 0 bridgehead atoms. The Labute approximate surface area is 159 Å². The Morgan fingerprint density at radius 3 is 2.62 bits per heavy atom. The highest BCUT2D eigenvalue weighted by molar-refractivity contribution is 7.99. The van der Waals surface area contributed by atoms with Crippen LogP contribution in [0, 0.1) is 0 Å². The smallest absolute Gasteiger partial charge is 0.256 e. The normalized spacial score (nSPS) is 16.5. The molecule has 0 saturated carbocycles. The number of nitrogens with zero attached hydrogens (tertiary/aromatic N) is 2. The number of aliphatic hydroxyl groups is 1. The molecule has 0 aliphatic carbocycles. The van der Waals surface area contributed by atoms with Crippen LogP contribution >= 0.6 is 11.8 Å². The van der Waals surface area contributed by atoms with Gasteiger partial charge in [-0.15, -0.1) is 11.8 Å². The third-order valence-electron chi connectivity index (χ3n) is 4.80. The second-order valence-corrected chi connectivity index (χ2v) is 7.97. The van der Waals surface area contributed by atoms with Crippen LogP contribution < -0.4 is 0 Å². The lowest BCUT2D eigenvalue weighted by molar-refractivity contribution is -0.0163. The van der Waals surface area contributed by atoms with Crippen LogP contribution in [-0.2, 0) is 6.42 Å². The second kappa shape index (κ2) is 8.69. The number of likely N-dealkylation sites (tertiary alicyclic amines) is 1. The zero-order valence-electron chi connectivity index (χ0n) is 15.2. The SMILES string of the molecule is CCCSc1ncccc1C(=O)N1CCC(O)(Cc2ccccc2)CC1. The van der Waals surface area contributed by atoms with E-state index < -0.39 is 5.60 Å². The average Bonchev–Trinajstić information content (AvgIpc) is 2.67. The van der Waals surface area contributed by atoms with E-state index in [9.17, 15) is 9.90 Å². The molecule has 2 aromatic rings. The average molecular weight is 371 g/mol. The summed E-state index contributed by atoms with van der Waals surface area (Å²) in [5.41, 5.74) is 1.09. The van der Waals surface area contributed by atoms with E-state index in [1.165, 1.54) is 0 Å². The van der Waals surface area contributed by atoms with Crippen LogP contribution in [0.25, 0.3) is 0 Å². The molecule has 2 heterocycles. The van der Waals surface area contributed by atoms with Crippen LogP contribution in [0.2, 0.25) is 0 Å². The van der Waals surface area contributed by atoms with Crippen LogP contribution in [0.1, 0.15) is 42.1 Å². The van der Waals surface area contributed by atoms with Gasteiger partial charge in [0.2, 0.25) is 0 Å². The molecule has 0 unspecified atom stereocenters. The predicted octanol–water partition coefficient (Wildman–Crippen LogP) is 3.79. The number of hydrogen-bond donors (Lipinski definition) is 1. The molecular formula is C21H26N2O2S. The topological polar surface area (TPSA) is 53.4 Å². The van der Waals surface area contributed by atoms with Crippen molar-refractivity contribution in [2.24, 2.45) is 0 Å². The molecular weight excluding hydrogens is 344 g/mol. The number of piperidine rings is 1. The molecule has 1 aliphatic rings. The largest absolute Gasteiger partial charge is 0.389 e. The molecule has 3 rings (SSSR count). The molecule has 26 heavy (non-hydrogen) atoms. The number of carbonyl (C=O) groups is 1. The van der Waals surface area contributed by atoms with E-state index in [4.69, 9.17) is 0 Å². The molecule has 1 N–H and O–H groups in total. The fourth-order valence-electron chi connectivity index (χ4n) is 3.32. The Bertz CT molecular complexity index is 728. The summed E-state index contributed by atoms with van der Waals surface area (Å²) >= 11 is 1.63. The van der Waals surface area contributed by atoms with Crippen molar-refractivity contribution in [3.63, 3.8) is 0 Å². The first-order valence-corrected chi connectivity index (χ1v) is 10.2. The van der Waals surface area contributed by atoms with Crippen molar-refractivity contribution in [2.45, 2.75) is 43.2 Å². The van der Waals surface area contributed by atoms with Gasteiger partial charge in [0.1, 0.15) is 5.03 Å². The molecule has 0 spiro atoms. The van der Waals surface area contributed by atoms with Gasteiger partial charge in [-0.2, -0.15) is 0 Å². The quantitative estimate of drug-likeness (QED) is 0.786. The number of rotatable bonds is 6.